The standard InChI is InChI=1S/C15H20N4S/c16-12-6-4-11(5-7-12)9-18-15-19-14(10-20-15)13-3-1-2-8-17-13/h1-3,8,10-12H,4-7,9,16H2,(H,18,19)/t11-,12-. The molecule has 0 aliphatic heterocycles. The fourth-order valence-corrected chi connectivity index (χ4v) is 3.33. The Morgan fingerprint density at radius 3 is 2.80 bits per heavy atom. The molecule has 4 nitrogen and oxygen atoms in total. The van der Waals surface area contributed by atoms with Crippen LogP contribution in [-0.2, 0) is 0 Å². The van der Waals surface area contributed by atoms with Crippen LogP contribution < -0.4 is 11.1 Å². The van der Waals surface area contributed by atoms with Gasteiger partial charge in [-0.05, 0) is 43.7 Å². The van der Waals surface area contributed by atoms with Gasteiger partial charge in [0.2, 0.25) is 0 Å². The van der Waals surface area contributed by atoms with Crippen molar-refractivity contribution in [2.75, 3.05) is 11.9 Å². The summed E-state index contributed by atoms with van der Waals surface area (Å²) in [6.07, 6.45) is 6.57. The first-order valence-corrected chi connectivity index (χ1v) is 8.05. The summed E-state index contributed by atoms with van der Waals surface area (Å²) in [6, 6.07) is 6.31. The van der Waals surface area contributed by atoms with Gasteiger partial charge in [0, 0.05) is 24.2 Å². The van der Waals surface area contributed by atoms with Crippen LogP contribution in [0.25, 0.3) is 11.4 Å². The van der Waals surface area contributed by atoms with Gasteiger partial charge in [-0.3, -0.25) is 4.98 Å². The van der Waals surface area contributed by atoms with E-state index in [1.54, 1.807) is 17.5 Å². The molecule has 2 aromatic rings. The van der Waals surface area contributed by atoms with E-state index >= 15 is 0 Å². The Hall–Kier alpha value is -1.46. The second kappa shape index (κ2) is 6.33. The van der Waals surface area contributed by atoms with E-state index in [4.69, 9.17) is 5.73 Å². The van der Waals surface area contributed by atoms with Gasteiger partial charge in [-0.1, -0.05) is 6.07 Å². The quantitative estimate of drug-likeness (QED) is 0.907. The molecule has 0 saturated heterocycles. The van der Waals surface area contributed by atoms with E-state index in [0.717, 1.165) is 41.8 Å². The molecular weight excluding hydrogens is 268 g/mol. The molecule has 3 rings (SSSR count). The minimum atomic E-state index is 0.418. The van der Waals surface area contributed by atoms with Gasteiger partial charge >= 0.3 is 0 Å². The molecule has 0 amide bonds. The molecule has 1 aliphatic carbocycles. The number of pyridine rings is 1. The van der Waals surface area contributed by atoms with E-state index < -0.39 is 0 Å². The third-order valence-electron chi connectivity index (χ3n) is 3.86. The van der Waals surface area contributed by atoms with E-state index in [2.05, 4.69) is 20.7 Å². The summed E-state index contributed by atoms with van der Waals surface area (Å²) in [5.74, 6) is 0.733. The summed E-state index contributed by atoms with van der Waals surface area (Å²) in [5, 5.41) is 6.50. The van der Waals surface area contributed by atoms with Gasteiger partial charge in [0.15, 0.2) is 5.13 Å². The number of hydrogen-bond donors (Lipinski definition) is 2. The third kappa shape index (κ3) is 3.35. The van der Waals surface area contributed by atoms with Crippen LogP contribution in [0.4, 0.5) is 5.13 Å². The number of thiazole rings is 1. The lowest BCUT2D eigenvalue weighted by atomic mass is 9.86. The average molecular weight is 288 g/mol. The Kier molecular flexibility index (Phi) is 4.28. The molecule has 0 unspecified atom stereocenters. The highest BCUT2D eigenvalue weighted by Gasteiger charge is 2.18. The zero-order valence-corrected chi connectivity index (χ0v) is 12.3. The van der Waals surface area contributed by atoms with Crippen LogP contribution in [0, 0.1) is 5.92 Å². The predicted octanol–water partition coefficient (Wildman–Crippen LogP) is 3.13. The van der Waals surface area contributed by atoms with Crippen molar-refractivity contribution in [1.82, 2.24) is 9.97 Å². The molecule has 20 heavy (non-hydrogen) atoms. The monoisotopic (exact) mass is 288 g/mol. The van der Waals surface area contributed by atoms with Crippen LogP contribution in [0.1, 0.15) is 25.7 Å². The molecule has 0 atom stereocenters. The molecule has 2 heterocycles. The van der Waals surface area contributed by atoms with E-state index in [9.17, 15) is 0 Å². The molecule has 1 aliphatic rings. The van der Waals surface area contributed by atoms with Crippen LogP contribution in [0.15, 0.2) is 29.8 Å². The highest BCUT2D eigenvalue weighted by atomic mass is 32.1. The molecule has 5 heteroatoms. The molecular formula is C15H20N4S. The number of nitrogens with one attached hydrogen (secondary N) is 1. The maximum atomic E-state index is 5.93. The zero-order chi connectivity index (χ0) is 13.8. The molecule has 106 valence electrons. The average Bonchev–Trinajstić information content (AvgIpc) is 2.97. The van der Waals surface area contributed by atoms with Gasteiger partial charge < -0.3 is 11.1 Å². The molecule has 0 radical (unpaired) electrons. The van der Waals surface area contributed by atoms with Crippen LogP contribution in [0.5, 0.6) is 0 Å². The maximum absolute atomic E-state index is 5.93. The Balaban J connectivity index is 1.55. The van der Waals surface area contributed by atoms with Gasteiger partial charge in [-0.15, -0.1) is 11.3 Å². The predicted molar refractivity (Wildman–Crippen MR) is 83.8 cm³/mol. The lowest BCUT2D eigenvalue weighted by molar-refractivity contribution is 0.339. The van der Waals surface area contributed by atoms with Crippen molar-refractivity contribution in [3.05, 3.63) is 29.8 Å². The second-order valence-corrected chi connectivity index (χ2v) is 6.27. The largest absolute Gasteiger partial charge is 0.361 e. The van der Waals surface area contributed by atoms with Crippen LogP contribution in [0.3, 0.4) is 0 Å². The number of anilines is 1. The van der Waals surface area contributed by atoms with Crippen molar-refractivity contribution in [2.45, 2.75) is 31.7 Å². The normalized spacial score (nSPS) is 22.6. The minimum Gasteiger partial charge on any atom is -0.361 e. The highest BCUT2D eigenvalue weighted by molar-refractivity contribution is 7.14. The fourth-order valence-electron chi connectivity index (χ4n) is 2.61. The molecule has 1 saturated carbocycles. The number of hydrogen-bond acceptors (Lipinski definition) is 5. The first-order valence-electron chi connectivity index (χ1n) is 7.17. The summed E-state index contributed by atoms with van der Waals surface area (Å²) in [7, 11) is 0. The van der Waals surface area contributed by atoms with Gasteiger partial charge in [-0.2, -0.15) is 0 Å². The molecule has 0 aromatic carbocycles. The first-order chi connectivity index (χ1) is 9.81. The zero-order valence-electron chi connectivity index (χ0n) is 11.5. The maximum Gasteiger partial charge on any atom is 0.183 e. The van der Waals surface area contributed by atoms with Crippen LogP contribution >= 0.6 is 11.3 Å². The highest BCUT2D eigenvalue weighted by Crippen LogP contribution is 2.26. The van der Waals surface area contributed by atoms with Gasteiger partial charge in [0.05, 0.1) is 5.69 Å². The number of aromatic nitrogens is 2. The topological polar surface area (TPSA) is 63.8 Å². The minimum absolute atomic E-state index is 0.418. The van der Waals surface area contributed by atoms with E-state index in [0.29, 0.717) is 6.04 Å². The summed E-state index contributed by atoms with van der Waals surface area (Å²) in [6.45, 7) is 1.00. The van der Waals surface area contributed by atoms with Gasteiger partial charge in [-0.25, -0.2) is 4.98 Å². The molecule has 2 aromatic heterocycles. The Bertz CT molecular complexity index is 532. The fraction of sp³-hybridized carbons (Fsp3) is 0.467. The Morgan fingerprint density at radius 1 is 1.20 bits per heavy atom. The van der Waals surface area contributed by atoms with Crippen LogP contribution in [-0.4, -0.2) is 22.6 Å². The number of nitrogens with two attached hydrogens (primary N) is 1. The smallest absolute Gasteiger partial charge is 0.183 e. The third-order valence-corrected chi connectivity index (χ3v) is 4.66. The summed E-state index contributed by atoms with van der Waals surface area (Å²) in [4.78, 5) is 8.92. The van der Waals surface area contributed by atoms with E-state index in [-0.39, 0.29) is 0 Å². The van der Waals surface area contributed by atoms with Gasteiger partial charge in [0.25, 0.3) is 0 Å². The van der Waals surface area contributed by atoms with Crippen molar-refractivity contribution >= 4 is 16.5 Å². The van der Waals surface area contributed by atoms with Crippen molar-refractivity contribution in [3.63, 3.8) is 0 Å². The molecule has 3 N–H and O–H groups in total. The molecule has 1 fully saturated rings. The number of nitrogens with zero attached hydrogens (tertiary/aromatic N) is 2. The SMILES string of the molecule is N[C@H]1CC[C@H](CNc2nc(-c3ccccn3)cs2)CC1. The Morgan fingerprint density at radius 2 is 2.05 bits per heavy atom. The summed E-state index contributed by atoms with van der Waals surface area (Å²) < 4.78 is 0. The lowest BCUT2D eigenvalue weighted by Gasteiger charge is -2.25. The van der Waals surface area contributed by atoms with Gasteiger partial charge in [0.1, 0.15) is 5.69 Å². The second-order valence-electron chi connectivity index (χ2n) is 5.41. The van der Waals surface area contributed by atoms with Crippen molar-refractivity contribution < 1.29 is 0 Å². The van der Waals surface area contributed by atoms with E-state index in [1.807, 2.05) is 18.2 Å². The number of rotatable bonds is 4. The van der Waals surface area contributed by atoms with E-state index in [1.165, 1.54) is 12.8 Å². The van der Waals surface area contributed by atoms with Crippen molar-refractivity contribution in [1.29, 1.82) is 0 Å². The van der Waals surface area contributed by atoms with Crippen molar-refractivity contribution in [2.24, 2.45) is 11.7 Å². The first kappa shape index (κ1) is 13.5. The Labute approximate surface area is 123 Å². The van der Waals surface area contributed by atoms with Crippen LogP contribution in [0.2, 0.25) is 0 Å². The summed E-state index contributed by atoms with van der Waals surface area (Å²) in [5.41, 5.74) is 7.81. The molecule has 0 spiro atoms. The van der Waals surface area contributed by atoms with Crippen molar-refractivity contribution in [3.8, 4) is 11.4 Å². The summed E-state index contributed by atoms with van der Waals surface area (Å²) >= 11 is 1.65. The lowest BCUT2D eigenvalue weighted by Crippen LogP contribution is -2.29. The molecule has 0 bridgehead atoms.